The van der Waals surface area contributed by atoms with E-state index in [9.17, 15) is 14.7 Å². The predicted molar refractivity (Wildman–Crippen MR) is 80.6 cm³/mol. The van der Waals surface area contributed by atoms with Gasteiger partial charge in [-0.1, -0.05) is 12.1 Å². The molecule has 2 N–H and O–H groups in total. The van der Waals surface area contributed by atoms with Crippen molar-refractivity contribution in [2.24, 2.45) is 5.41 Å². The molecule has 1 aromatic rings. The van der Waals surface area contributed by atoms with Gasteiger partial charge in [0.2, 0.25) is 0 Å². The molecule has 0 bridgehead atoms. The van der Waals surface area contributed by atoms with E-state index in [4.69, 9.17) is 9.84 Å². The molecule has 2 rings (SSSR count). The van der Waals surface area contributed by atoms with Gasteiger partial charge in [0.15, 0.2) is 0 Å². The van der Waals surface area contributed by atoms with Crippen molar-refractivity contribution in [3.63, 3.8) is 0 Å². The summed E-state index contributed by atoms with van der Waals surface area (Å²) in [5, 5.41) is 19.7. The fraction of sp³-hybridized carbons (Fsp3) is 0.529. The molecule has 120 valence electrons. The highest BCUT2D eigenvalue weighted by Gasteiger charge is 2.38. The monoisotopic (exact) mass is 306 g/mol. The van der Waals surface area contributed by atoms with E-state index in [0.717, 1.165) is 5.56 Å². The molecule has 0 heterocycles. The summed E-state index contributed by atoms with van der Waals surface area (Å²) in [6.45, 7) is 5.31. The molecule has 0 spiro atoms. The van der Waals surface area contributed by atoms with Gasteiger partial charge < -0.3 is 14.9 Å². The minimum atomic E-state index is -1.40. The van der Waals surface area contributed by atoms with E-state index in [1.165, 1.54) is 0 Å². The Bertz CT molecular complexity index is 600. The van der Waals surface area contributed by atoms with Crippen molar-refractivity contribution in [2.45, 2.75) is 52.1 Å². The van der Waals surface area contributed by atoms with Crippen molar-refractivity contribution in [3.05, 3.63) is 29.3 Å². The van der Waals surface area contributed by atoms with Crippen LogP contribution in [0, 0.1) is 5.41 Å². The second-order valence-electron chi connectivity index (χ2n) is 6.88. The zero-order valence-corrected chi connectivity index (χ0v) is 13.2. The summed E-state index contributed by atoms with van der Waals surface area (Å²) in [6, 6.07) is 5.09. The number of hydrogen-bond acceptors (Lipinski definition) is 4. The van der Waals surface area contributed by atoms with Gasteiger partial charge in [-0.25, -0.2) is 0 Å². The molecule has 0 saturated heterocycles. The molecule has 0 amide bonds. The highest BCUT2D eigenvalue weighted by Crippen LogP contribution is 2.41. The maximum atomic E-state index is 12.1. The van der Waals surface area contributed by atoms with Crippen molar-refractivity contribution in [1.29, 1.82) is 0 Å². The van der Waals surface area contributed by atoms with E-state index in [1.807, 2.05) is 0 Å². The molecule has 5 heteroatoms. The van der Waals surface area contributed by atoms with Crippen molar-refractivity contribution < 1.29 is 24.5 Å². The normalized spacial score (nSPS) is 21.1. The number of aliphatic carboxylic acids is 1. The van der Waals surface area contributed by atoms with Crippen molar-refractivity contribution in [1.82, 2.24) is 0 Å². The van der Waals surface area contributed by atoms with E-state index < -0.39 is 17.0 Å². The third-order valence-electron chi connectivity index (χ3n) is 3.91. The van der Waals surface area contributed by atoms with E-state index >= 15 is 0 Å². The molecule has 0 aromatic heterocycles. The first kappa shape index (κ1) is 16.5. The van der Waals surface area contributed by atoms with Crippen LogP contribution in [0.25, 0.3) is 0 Å². The van der Waals surface area contributed by atoms with Gasteiger partial charge in [-0.3, -0.25) is 9.59 Å². The minimum Gasteiger partial charge on any atom is -0.481 e. The lowest BCUT2D eigenvalue weighted by atomic mass is 9.77. The molecule has 5 nitrogen and oxygen atoms in total. The largest absolute Gasteiger partial charge is 0.481 e. The summed E-state index contributed by atoms with van der Waals surface area (Å²) in [5.74, 6) is -0.985. The van der Waals surface area contributed by atoms with Gasteiger partial charge in [0.25, 0.3) is 0 Å². The van der Waals surface area contributed by atoms with Gasteiger partial charge in [-0.2, -0.15) is 0 Å². The van der Waals surface area contributed by atoms with Crippen LogP contribution in [0.4, 0.5) is 0 Å². The number of carbonyl (C=O) groups is 2. The van der Waals surface area contributed by atoms with Crippen LogP contribution < -0.4 is 4.74 Å². The van der Waals surface area contributed by atoms with Gasteiger partial charge in [0.05, 0.1) is 11.8 Å². The molecule has 1 atom stereocenters. The number of esters is 1. The summed E-state index contributed by atoms with van der Waals surface area (Å²) < 4.78 is 5.48. The lowest BCUT2D eigenvalue weighted by molar-refractivity contribution is -0.145. The van der Waals surface area contributed by atoms with Crippen LogP contribution in [0.2, 0.25) is 0 Å². The summed E-state index contributed by atoms with van der Waals surface area (Å²) in [5.41, 5.74) is -0.742. The molecule has 1 aromatic carbocycles. The van der Waals surface area contributed by atoms with Crippen LogP contribution in [0.5, 0.6) is 5.75 Å². The van der Waals surface area contributed by atoms with Crippen molar-refractivity contribution in [3.8, 4) is 5.75 Å². The number of fused-ring (bicyclic) bond motifs is 1. The maximum absolute atomic E-state index is 12.1. The van der Waals surface area contributed by atoms with Gasteiger partial charge in [-0.15, -0.1) is 0 Å². The number of carbonyl (C=O) groups excluding carboxylic acids is 1. The fourth-order valence-corrected chi connectivity index (χ4v) is 2.73. The van der Waals surface area contributed by atoms with Gasteiger partial charge in [0.1, 0.15) is 11.4 Å². The first-order valence-electron chi connectivity index (χ1n) is 7.42. The smallest absolute Gasteiger partial charge is 0.316 e. The van der Waals surface area contributed by atoms with E-state index in [-0.39, 0.29) is 12.4 Å². The summed E-state index contributed by atoms with van der Waals surface area (Å²) in [4.78, 5) is 23.1. The Morgan fingerprint density at radius 1 is 1.32 bits per heavy atom. The zero-order valence-electron chi connectivity index (χ0n) is 13.2. The van der Waals surface area contributed by atoms with Gasteiger partial charge in [-0.05, 0) is 51.7 Å². The standard InChI is InChI=1S/C17H22O5/c1-16(2,3)15(20)22-13-8-4-7-12-11(13)6-5-9-17(12,21)10-14(18)19/h4,7-8,21H,5-6,9-10H2,1-3H3,(H,18,19). The number of carboxylic acid groups (broad SMARTS) is 1. The second-order valence-corrected chi connectivity index (χ2v) is 6.88. The van der Waals surface area contributed by atoms with E-state index in [2.05, 4.69) is 0 Å². The Labute approximate surface area is 129 Å². The lowest BCUT2D eigenvalue weighted by Crippen LogP contribution is -2.34. The topological polar surface area (TPSA) is 83.8 Å². The van der Waals surface area contributed by atoms with Crippen molar-refractivity contribution >= 4 is 11.9 Å². The molecule has 22 heavy (non-hydrogen) atoms. The third-order valence-corrected chi connectivity index (χ3v) is 3.91. The molecule has 1 aliphatic carbocycles. The SMILES string of the molecule is CC(C)(C)C(=O)Oc1cccc2c1CCCC2(O)CC(=O)O. The summed E-state index contributed by atoms with van der Waals surface area (Å²) >= 11 is 0. The van der Waals surface area contributed by atoms with Crippen LogP contribution in [0.3, 0.4) is 0 Å². The van der Waals surface area contributed by atoms with Gasteiger partial charge in [0, 0.05) is 5.56 Å². The average molecular weight is 306 g/mol. The first-order valence-corrected chi connectivity index (χ1v) is 7.42. The van der Waals surface area contributed by atoms with E-state index in [0.29, 0.717) is 30.6 Å². The molecule has 0 radical (unpaired) electrons. The number of hydrogen-bond donors (Lipinski definition) is 2. The third kappa shape index (κ3) is 3.30. The lowest BCUT2D eigenvalue weighted by Gasteiger charge is -2.34. The molecular formula is C17H22O5. The van der Waals surface area contributed by atoms with Crippen LogP contribution in [0.1, 0.15) is 51.2 Å². The minimum absolute atomic E-state index is 0.351. The zero-order chi connectivity index (χ0) is 16.5. The fourth-order valence-electron chi connectivity index (χ4n) is 2.73. The highest BCUT2D eigenvalue weighted by molar-refractivity contribution is 5.78. The highest BCUT2D eigenvalue weighted by atomic mass is 16.5. The van der Waals surface area contributed by atoms with Gasteiger partial charge >= 0.3 is 11.9 Å². The number of ether oxygens (including phenoxy) is 1. The molecule has 0 saturated carbocycles. The average Bonchev–Trinajstić information content (AvgIpc) is 2.37. The molecule has 0 fully saturated rings. The number of rotatable bonds is 3. The predicted octanol–water partition coefficient (Wildman–Crippen LogP) is 2.64. The maximum Gasteiger partial charge on any atom is 0.316 e. The molecule has 0 aliphatic heterocycles. The summed E-state index contributed by atoms with van der Waals surface area (Å²) in [6.07, 6.45) is 1.35. The van der Waals surface area contributed by atoms with Crippen LogP contribution in [-0.2, 0) is 21.6 Å². The quantitative estimate of drug-likeness (QED) is 0.662. The molecular weight excluding hydrogens is 284 g/mol. The van der Waals surface area contributed by atoms with Crippen LogP contribution >= 0.6 is 0 Å². The Hall–Kier alpha value is -1.88. The number of benzene rings is 1. The Kier molecular flexibility index (Phi) is 4.29. The Morgan fingerprint density at radius 2 is 2.00 bits per heavy atom. The summed E-state index contributed by atoms with van der Waals surface area (Å²) in [7, 11) is 0. The number of aliphatic hydroxyl groups is 1. The Morgan fingerprint density at radius 3 is 2.59 bits per heavy atom. The first-order chi connectivity index (χ1) is 10.1. The number of carboxylic acids is 1. The van der Waals surface area contributed by atoms with Crippen molar-refractivity contribution in [2.75, 3.05) is 0 Å². The Balaban J connectivity index is 2.39. The van der Waals surface area contributed by atoms with Crippen LogP contribution in [-0.4, -0.2) is 22.2 Å². The van der Waals surface area contributed by atoms with Crippen LogP contribution in [0.15, 0.2) is 18.2 Å². The molecule has 1 unspecified atom stereocenters. The van der Waals surface area contributed by atoms with E-state index in [1.54, 1.807) is 39.0 Å². The molecule has 1 aliphatic rings. The second kappa shape index (κ2) is 5.72.